The molecular formula is C21H23NO4. The van der Waals surface area contributed by atoms with Crippen molar-refractivity contribution in [3.63, 3.8) is 0 Å². The maximum absolute atomic E-state index is 12.8. The second kappa shape index (κ2) is 7.95. The van der Waals surface area contributed by atoms with E-state index in [4.69, 9.17) is 14.2 Å². The monoisotopic (exact) mass is 353 g/mol. The Morgan fingerprint density at radius 1 is 1.08 bits per heavy atom. The second-order valence-electron chi connectivity index (χ2n) is 6.00. The number of fused-ring (bicyclic) bond motifs is 1. The second-order valence-corrected chi connectivity index (χ2v) is 6.00. The van der Waals surface area contributed by atoms with Crippen molar-refractivity contribution in [3.8, 4) is 17.2 Å². The lowest BCUT2D eigenvalue weighted by Gasteiger charge is -2.29. The fourth-order valence-electron chi connectivity index (χ4n) is 3.22. The van der Waals surface area contributed by atoms with Crippen LogP contribution in [0.3, 0.4) is 0 Å². The fraction of sp³-hybridized carbons (Fsp3) is 0.286. The van der Waals surface area contributed by atoms with E-state index in [1.807, 2.05) is 36.4 Å². The number of ether oxygens (including phenoxy) is 3. The van der Waals surface area contributed by atoms with Gasteiger partial charge in [-0.15, -0.1) is 0 Å². The lowest BCUT2D eigenvalue weighted by Crippen LogP contribution is -2.34. The first-order valence-electron chi connectivity index (χ1n) is 8.55. The Kier molecular flexibility index (Phi) is 5.46. The predicted octanol–water partition coefficient (Wildman–Crippen LogP) is 3.71. The van der Waals surface area contributed by atoms with E-state index in [9.17, 15) is 4.79 Å². The summed E-state index contributed by atoms with van der Waals surface area (Å²) in [6, 6.07) is 11.4. The molecule has 2 aromatic carbocycles. The summed E-state index contributed by atoms with van der Waals surface area (Å²) in [6.45, 7) is 0.706. The van der Waals surface area contributed by atoms with Crippen LogP contribution in [0.2, 0.25) is 0 Å². The van der Waals surface area contributed by atoms with E-state index in [1.54, 1.807) is 38.4 Å². The van der Waals surface area contributed by atoms with Crippen LogP contribution in [0.5, 0.6) is 17.2 Å². The molecule has 0 bridgehead atoms. The number of carbonyl (C=O) groups excluding carboxylic acids is 1. The number of rotatable bonds is 5. The Bertz CT molecular complexity index is 829. The molecule has 1 aliphatic heterocycles. The van der Waals surface area contributed by atoms with Crippen LogP contribution >= 0.6 is 0 Å². The minimum absolute atomic E-state index is 0.0546. The minimum Gasteiger partial charge on any atom is -0.497 e. The molecule has 1 heterocycles. The van der Waals surface area contributed by atoms with Crippen molar-refractivity contribution in [1.29, 1.82) is 0 Å². The van der Waals surface area contributed by atoms with Gasteiger partial charge >= 0.3 is 0 Å². The van der Waals surface area contributed by atoms with E-state index in [2.05, 4.69) is 0 Å². The summed E-state index contributed by atoms with van der Waals surface area (Å²) >= 11 is 0. The number of hydrogen-bond acceptors (Lipinski definition) is 4. The smallest absolute Gasteiger partial charge is 0.250 e. The molecule has 3 rings (SSSR count). The molecule has 26 heavy (non-hydrogen) atoms. The molecule has 0 spiro atoms. The average Bonchev–Trinajstić information content (AvgIpc) is 2.70. The van der Waals surface area contributed by atoms with E-state index in [0.717, 1.165) is 35.4 Å². The van der Waals surface area contributed by atoms with Gasteiger partial charge in [-0.25, -0.2) is 0 Å². The van der Waals surface area contributed by atoms with Crippen LogP contribution in [0.4, 0.5) is 5.69 Å². The highest BCUT2D eigenvalue weighted by Crippen LogP contribution is 2.33. The molecule has 0 aromatic heterocycles. The average molecular weight is 353 g/mol. The molecule has 1 aliphatic rings. The maximum Gasteiger partial charge on any atom is 0.250 e. The molecule has 1 amide bonds. The number of anilines is 1. The van der Waals surface area contributed by atoms with Gasteiger partial charge in [0.25, 0.3) is 5.91 Å². The van der Waals surface area contributed by atoms with Crippen LogP contribution in [-0.4, -0.2) is 33.8 Å². The third-order valence-corrected chi connectivity index (χ3v) is 4.51. The molecule has 2 aromatic rings. The Morgan fingerprint density at radius 2 is 1.92 bits per heavy atom. The molecule has 0 saturated carbocycles. The third kappa shape index (κ3) is 3.52. The summed E-state index contributed by atoms with van der Waals surface area (Å²) in [5, 5.41) is 0. The highest BCUT2D eigenvalue weighted by molar-refractivity contribution is 6.04. The Balaban J connectivity index is 1.85. The number of para-hydroxylation sites is 1. The number of hydrogen-bond donors (Lipinski definition) is 0. The molecule has 0 atom stereocenters. The zero-order valence-electron chi connectivity index (χ0n) is 15.3. The summed E-state index contributed by atoms with van der Waals surface area (Å²) < 4.78 is 16.0. The zero-order chi connectivity index (χ0) is 18.5. The van der Waals surface area contributed by atoms with Gasteiger partial charge in [-0.3, -0.25) is 4.79 Å². The van der Waals surface area contributed by atoms with Gasteiger partial charge in [-0.05, 0) is 48.7 Å². The van der Waals surface area contributed by atoms with Gasteiger partial charge in [0.15, 0.2) is 11.5 Å². The lowest BCUT2D eigenvalue weighted by atomic mass is 10.0. The Hall–Kier alpha value is -2.95. The minimum atomic E-state index is -0.0546. The van der Waals surface area contributed by atoms with Gasteiger partial charge in [-0.1, -0.05) is 12.1 Å². The van der Waals surface area contributed by atoms with E-state index < -0.39 is 0 Å². The quantitative estimate of drug-likeness (QED) is 0.769. The van der Waals surface area contributed by atoms with E-state index >= 15 is 0 Å². The van der Waals surface area contributed by atoms with Crippen molar-refractivity contribution in [2.75, 3.05) is 32.8 Å². The highest BCUT2D eigenvalue weighted by atomic mass is 16.5. The van der Waals surface area contributed by atoms with Crippen molar-refractivity contribution in [3.05, 3.63) is 53.6 Å². The highest BCUT2D eigenvalue weighted by Gasteiger charge is 2.21. The van der Waals surface area contributed by atoms with Crippen LogP contribution in [0.15, 0.2) is 42.5 Å². The number of aryl methyl sites for hydroxylation is 1. The first kappa shape index (κ1) is 17.9. The van der Waals surface area contributed by atoms with Gasteiger partial charge in [0.2, 0.25) is 0 Å². The summed E-state index contributed by atoms with van der Waals surface area (Å²) in [7, 11) is 4.83. The Labute approximate surface area is 153 Å². The maximum atomic E-state index is 12.8. The summed E-state index contributed by atoms with van der Waals surface area (Å²) in [4.78, 5) is 14.6. The van der Waals surface area contributed by atoms with Crippen molar-refractivity contribution in [2.45, 2.75) is 12.8 Å². The largest absolute Gasteiger partial charge is 0.497 e. The number of amides is 1. The normalized spacial score (nSPS) is 13.4. The molecule has 5 nitrogen and oxygen atoms in total. The van der Waals surface area contributed by atoms with E-state index in [1.165, 1.54) is 0 Å². The van der Waals surface area contributed by atoms with Crippen LogP contribution in [-0.2, 0) is 11.2 Å². The summed E-state index contributed by atoms with van der Waals surface area (Å²) in [5.41, 5.74) is 2.88. The number of nitrogens with zero attached hydrogens (tertiary/aromatic N) is 1. The molecular weight excluding hydrogens is 330 g/mol. The van der Waals surface area contributed by atoms with Gasteiger partial charge in [0.05, 0.1) is 21.3 Å². The van der Waals surface area contributed by atoms with Crippen molar-refractivity contribution in [1.82, 2.24) is 0 Å². The molecule has 0 fully saturated rings. The SMILES string of the molecule is COc1ccc2c(c1)CCCN2C(=O)C=Cc1cccc(OC)c1OC. The van der Waals surface area contributed by atoms with E-state index in [-0.39, 0.29) is 5.91 Å². The zero-order valence-corrected chi connectivity index (χ0v) is 15.3. The van der Waals surface area contributed by atoms with Gasteiger partial charge < -0.3 is 19.1 Å². The third-order valence-electron chi connectivity index (χ3n) is 4.51. The molecule has 0 radical (unpaired) electrons. The number of methoxy groups -OCH3 is 3. The number of carbonyl (C=O) groups is 1. The van der Waals surface area contributed by atoms with Gasteiger partial charge in [0, 0.05) is 23.9 Å². The van der Waals surface area contributed by atoms with Gasteiger partial charge in [-0.2, -0.15) is 0 Å². The molecule has 0 N–H and O–H groups in total. The standard InChI is InChI=1S/C21H23NO4/c1-24-17-10-11-18-16(14-17)7-5-13-22(18)20(23)12-9-15-6-4-8-19(25-2)21(15)26-3/h4,6,8-12,14H,5,7,13H2,1-3H3. The van der Waals surface area contributed by atoms with Crippen LogP contribution < -0.4 is 19.1 Å². The van der Waals surface area contributed by atoms with Gasteiger partial charge in [0.1, 0.15) is 5.75 Å². The molecule has 0 saturated heterocycles. The predicted molar refractivity (Wildman–Crippen MR) is 102 cm³/mol. The first-order chi connectivity index (χ1) is 12.7. The van der Waals surface area contributed by atoms with Crippen LogP contribution in [0.1, 0.15) is 17.5 Å². The van der Waals surface area contributed by atoms with Crippen LogP contribution in [0, 0.1) is 0 Å². The van der Waals surface area contributed by atoms with Crippen molar-refractivity contribution < 1.29 is 19.0 Å². The molecule has 0 unspecified atom stereocenters. The molecule has 5 heteroatoms. The molecule has 136 valence electrons. The topological polar surface area (TPSA) is 48.0 Å². The van der Waals surface area contributed by atoms with Crippen molar-refractivity contribution >= 4 is 17.7 Å². The summed E-state index contributed by atoms with van der Waals surface area (Å²) in [6.07, 6.45) is 5.23. The van der Waals surface area contributed by atoms with Crippen molar-refractivity contribution in [2.24, 2.45) is 0 Å². The fourth-order valence-corrected chi connectivity index (χ4v) is 3.22. The first-order valence-corrected chi connectivity index (χ1v) is 8.55. The lowest BCUT2D eigenvalue weighted by molar-refractivity contribution is -0.114. The van der Waals surface area contributed by atoms with Crippen LogP contribution in [0.25, 0.3) is 6.08 Å². The Morgan fingerprint density at radius 3 is 2.65 bits per heavy atom. The van der Waals surface area contributed by atoms with E-state index in [0.29, 0.717) is 18.0 Å². The summed E-state index contributed by atoms with van der Waals surface area (Å²) in [5.74, 6) is 2.01. The molecule has 0 aliphatic carbocycles. The number of benzene rings is 2.